The number of nitrogens with zero attached hydrogens (tertiary/aromatic N) is 3. The molecule has 0 saturated heterocycles. The molecule has 78 valence electrons. The highest BCUT2D eigenvalue weighted by atomic mass is 16.1. The Morgan fingerprint density at radius 2 is 1.50 bits per heavy atom. The molecule has 0 bridgehead atoms. The van der Waals surface area contributed by atoms with Crippen LogP contribution in [0.1, 0.15) is 33.8 Å². The quantitative estimate of drug-likeness (QED) is 0.702. The summed E-state index contributed by atoms with van der Waals surface area (Å²) in [6, 6.07) is 7.79. The lowest BCUT2D eigenvalue weighted by Gasteiger charge is -1.99. The van der Waals surface area contributed by atoms with Crippen molar-refractivity contribution in [1.29, 1.82) is 10.5 Å². The summed E-state index contributed by atoms with van der Waals surface area (Å²) in [7, 11) is 0. The number of hydrogen-bond donors (Lipinski definition) is 0. The molecule has 0 amide bonds. The number of rotatable bonds is 4. The topological polar surface area (TPSA) is 94.6 Å². The molecule has 0 spiro atoms. The Hall–Kier alpha value is -2.53. The zero-order chi connectivity index (χ0) is 12.0. The fraction of sp³-hybridized carbons (Fsp3) is 0.182. The van der Waals surface area contributed by atoms with Gasteiger partial charge in [-0.25, -0.2) is 4.98 Å². The van der Waals surface area contributed by atoms with Crippen LogP contribution in [0.25, 0.3) is 0 Å². The van der Waals surface area contributed by atoms with Gasteiger partial charge in [0.05, 0.1) is 12.1 Å². The lowest BCUT2D eigenvalue weighted by molar-refractivity contribution is 0.0989. The van der Waals surface area contributed by atoms with E-state index in [1.165, 1.54) is 18.2 Å². The molecule has 0 N–H and O–H groups in total. The number of Topliss-reactive ketones (excluding diaryl/α,β-unsaturated/α-hetero) is 2. The van der Waals surface area contributed by atoms with Crippen LogP contribution < -0.4 is 0 Å². The SMILES string of the molecule is N#CCC(=O)c1cccc(C(=O)CC#N)n1. The first-order valence-corrected chi connectivity index (χ1v) is 4.46. The van der Waals surface area contributed by atoms with Crippen molar-refractivity contribution in [2.45, 2.75) is 12.8 Å². The zero-order valence-corrected chi connectivity index (χ0v) is 8.30. The van der Waals surface area contributed by atoms with Crippen LogP contribution >= 0.6 is 0 Å². The van der Waals surface area contributed by atoms with E-state index in [0.29, 0.717) is 0 Å². The molecular formula is C11H7N3O2. The standard InChI is InChI=1S/C11H7N3O2/c12-6-4-10(15)8-2-1-3-9(14-8)11(16)5-7-13/h1-3H,4-5H2. The Labute approximate surface area is 91.9 Å². The number of aromatic nitrogens is 1. The predicted molar refractivity (Wildman–Crippen MR) is 53.4 cm³/mol. The molecule has 0 radical (unpaired) electrons. The maximum absolute atomic E-state index is 11.3. The summed E-state index contributed by atoms with van der Waals surface area (Å²) in [6.45, 7) is 0. The highest BCUT2D eigenvalue weighted by molar-refractivity contribution is 5.99. The Kier molecular flexibility index (Phi) is 3.88. The van der Waals surface area contributed by atoms with Crippen molar-refractivity contribution >= 4 is 11.6 Å². The molecule has 1 aromatic rings. The van der Waals surface area contributed by atoms with Crippen LogP contribution in [0, 0.1) is 22.7 Å². The molecule has 0 unspecified atom stereocenters. The van der Waals surface area contributed by atoms with Crippen molar-refractivity contribution in [2.75, 3.05) is 0 Å². The van der Waals surface area contributed by atoms with Gasteiger partial charge in [-0.3, -0.25) is 9.59 Å². The van der Waals surface area contributed by atoms with Crippen LogP contribution in [0.2, 0.25) is 0 Å². The first-order valence-electron chi connectivity index (χ1n) is 4.46. The van der Waals surface area contributed by atoms with E-state index in [2.05, 4.69) is 4.98 Å². The molecule has 1 heterocycles. The summed E-state index contributed by atoms with van der Waals surface area (Å²) in [5, 5.41) is 16.7. The van der Waals surface area contributed by atoms with E-state index >= 15 is 0 Å². The molecule has 0 aliphatic heterocycles. The first kappa shape index (κ1) is 11.5. The summed E-state index contributed by atoms with van der Waals surface area (Å²) >= 11 is 0. The van der Waals surface area contributed by atoms with Gasteiger partial charge in [-0.05, 0) is 12.1 Å². The van der Waals surface area contributed by atoms with Crippen molar-refractivity contribution in [3.8, 4) is 12.1 Å². The van der Waals surface area contributed by atoms with E-state index in [-0.39, 0.29) is 24.2 Å². The second-order valence-corrected chi connectivity index (χ2v) is 2.92. The smallest absolute Gasteiger partial charge is 0.195 e. The van der Waals surface area contributed by atoms with Crippen LogP contribution in [0.3, 0.4) is 0 Å². The molecule has 1 aromatic heterocycles. The van der Waals surface area contributed by atoms with E-state index in [4.69, 9.17) is 10.5 Å². The average Bonchev–Trinajstić information content (AvgIpc) is 2.30. The van der Waals surface area contributed by atoms with E-state index in [0.717, 1.165) is 0 Å². The number of carbonyl (C=O) groups excluding carboxylic acids is 2. The minimum absolute atomic E-state index is 0.0744. The van der Waals surface area contributed by atoms with Crippen LogP contribution in [0.4, 0.5) is 0 Å². The van der Waals surface area contributed by atoms with Gasteiger partial charge in [-0.2, -0.15) is 10.5 Å². The van der Waals surface area contributed by atoms with Gasteiger partial charge in [0.2, 0.25) is 0 Å². The van der Waals surface area contributed by atoms with Crippen LogP contribution in [-0.4, -0.2) is 16.6 Å². The number of pyridine rings is 1. The number of nitriles is 2. The van der Waals surface area contributed by atoms with Gasteiger partial charge < -0.3 is 0 Å². The minimum Gasteiger partial charge on any atom is -0.291 e. The normalized spacial score (nSPS) is 8.88. The Balaban J connectivity index is 2.97. The van der Waals surface area contributed by atoms with Crippen LogP contribution in [0.15, 0.2) is 18.2 Å². The maximum Gasteiger partial charge on any atom is 0.195 e. The van der Waals surface area contributed by atoms with Crippen molar-refractivity contribution in [3.63, 3.8) is 0 Å². The molecule has 0 aliphatic carbocycles. The lowest BCUT2D eigenvalue weighted by Crippen LogP contribution is -2.07. The third-order valence-electron chi connectivity index (χ3n) is 1.80. The van der Waals surface area contributed by atoms with Crippen molar-refractivity contribution in [1.82, 2.24) is 4.98 Å². The molecule has 16 heavy (non-hydrogen) atoms. The van der Waals surface area contributed by atoms with E-state index in [9.17, 15) is 9.59 Å². The maximum atomic E-state index is 11.3. The van der Waals surface area contributed by atoms with Gasteiger partial charge in [-0.15, -0.1) is 0 Å². The fourth-order valence-electron chi connectivity index (χ4n) is 1.07. The third kappa shape index (κ3) is 2.73. The van der Waals surface area contributed by atoms with Crippen molar-refractivity contribution in [2.24, 2.45) is 0 Å². The number of hydrogen-bond acceptors (Lipinski definition) is 5. The van der Waals surface area contributed by atoms with Gasteiger partial charge >= 0.3 is 0 Å². The molecule has 5 heteroatoms. The zero-order valence-electron chi connectivity index (χ0n) is 8.30. The number of carbonyl (C=O) groups is 2. The summed E-state index contributed by atoms with van der Waals surface area (Å²) in [5.41, 5.74) is 0.149. The average molecular weight is 213 g/mol. The van der Waals surface area contributed by atoms with Crippen molar-refractivity contribution < 1.29 is 9.59 Å². The Bertz CT molecular complexity index is 465. The predicted octanol–water partition coefficient (Wildman–Crippen LogP) is 1.27. The van der Waals surface area contributed by atoms with Crippen LogP contribution in [-0.2, 0) is 0 Å². The monoisotopic (exact) mass is 213 g/mol. The molecule has 0 atom stereocenters. The summed E-state index contributed by atoms with van der Waals surface area (Å²) < 4.78 is 0. The lowest BCUT2D eigenvalue weighted by atomic mass is 10.1. The molecule has 0 aliphatic rings. The molecule has 0 aromatic carbocycles. The molecule has 5 nitrogen and oxygen atoms in total. The second kappa shape index (κ2) is 5.38. The van der Waals surface area contributed by atoms with Gasteiger partial charge in [0.15, 0.2) is 11.6 Å². The van der Waals surface area contributed by atoms with Gasteiger partial charge in [0.25, 0.3) is 0 Å². The van der Waals surface area contributed by atoms with Gasteiger partial charge in [0.1, 0.15) is 24.2 Å². The summed E-state index contributed by atoms with van der Waals surface area (Å²) in [5.74, 6) is -0.872. The van der Waals surface area contributed by atoms with Crippen molar-refractivity contribution in [3.05, 3.63) is 29.6 Å². The molecular weight excluding hydrogens is 206 g/mol. The molecule has 0 saturated carbocycles. The highest BCUT2D eigenvalue weighted by Gasteiger charge is 2.11. The first-order chi connectivity index (χ1) is 7.69. The fourth-order valence-corrected chi connectivity index (χ4v) is 1.07. The summed E-state index contributed by atoms with van der Waals surface area (Å²) in [4.78, 5) is 26.4. The molecule has 0 fully saturated rings. The second-order valence-electron chi connectivity index (χ2n) is 2.92. The minimum atomic E-state index is -0.436. The van der Waals surface area contributed by atoms with E-state index < -0.39 is 11.6 Å². The molecule has 1 rings (SSSR count). The largest absolute Gasteiger partial charge is 0.291 e. The Morgan fingerprint density at radius 1 is 1.06 bits per heavy atom. The highest BCUT2D eigenvalue weighted by Crippen LogP contribution is 2.04. The number of ketones is 2. The van der Waals surface area contributed by atoms with E-state index in [1.54, 1.807) is 12.1 Å². The van der Waals surface area contributed by atoms with E-state index in [1.807, 2.05) is 0 Å². The van der Waals surface area contributed by atoms with Gasteiger partial charge in [0, 0.05) is 0 Å². The third-order valence-corrected chi connectivity index (χ3v) is 1.80. The summed E-state index contributed by atoms with van der Waals surface area (Å²) in [6.07, 6.45) is -0.550. The van der Waals surface area contributed by atoms with Gasteiger partial charge in [-0.1, -0.05) is 6.07 Å². The Morgan fingerprint density at radius 3 is 1.88 bits per heavy atom. The van der Waals surface area contributed by atoms with Crippen LogP contribution in [0.5, 0.6) is 0 Å².